The van der Waals surface area contributed by atoms with Crippen molar-refractivity contribution in [2.45, 2.75) is 19.8 Å². The van der Waals surface area contributed by atoms with Crippen LogP contribution in [0.3, 0.4) is 0 Å². The van der Waals surface area contributed by atoms with Crippen LogP contribution in [-0.4, -0.2) is 36.9 Å². The number of carbonyl (C=O) groups excluding carboxylic acids is 1. The van der Waals surface area contributed by atoms with Crippen molar-refractivity contribution in [2.24, 2.45) is 0 Å². The monoisotopic (exact) mass is 302 g/mol. The molecular formula is C18H26N2O2. The highest BCUT2D eigenvalue weighted by molar-refractivity contribution is 5.97. The highest BCUT2D eigenvalue weighted by Crippen LogP contribution is 2.23. The van der Waals surface area contributed by atoms with Crippen LogP contribution >= 0.6 is 0 Å². The number of carbonyl (C=O) groups is 1. The predicted octanol–water partition coefficient (Wildman–Crippen LogP) is 3.30. The zero-order chi connectivity index (χ0) is 16.4. The van der Waals surface area contributed by atoms with Gasteiger partial charge in [-0.05, 0) is 24.6 Å². The number of ketones is 1. The number of nitrogen functional groups attached to an aromatic ring is 1. The van der Waals surface area contributed by atoms with E-state index in [9.17, 15) is 4.79 Å². The summed E-state index contributed by atoms with van der Waals surface area (Å²) < 4.78 is 5.52. The molecule has 0 aliphatic carbocycles. The van der Waals surface area contributed by atoms with Crippen LogP contribution in [0.4, 0.5) is 5.69 Å². The maximum atomic E-state index is 12.3. The molecule has 4 nitrogen and oxygen atoms in total. The van der Waals surface area contributed by atoms with Gasteiger partial charge in [0.15, 0.2) is 5.78 Å². The molecule has 0 unspecified atom stereocenters. The van der Waals surface area contributed by atoms with Crippen molar-refractivity contribution in [3.63, 3.8) is 0 Å². The molecule has 1 aromatic carbocycles. The molecule has 0 spiro atoms. The summed E-state index contributed by atoms with van der Waals surface area (Å²) >= 11 is 0. The van der Waals surface area contributed by atoms with E-state index in [1.807, 2.05) is 19.1 Å². The molecule has 0 aromatic heterocycles. The molecule has 0 amide bonds. The lowest BCUT2D eigenvalue weighted by molar-refractivity contribution is 0.0968. The van der Waals surface area contributed by atoms with Crippen molar-refractivity contribution in [3.05, 3.63) is 49.1 Å². The van der Waals surface area contributed by atoms with Crippen molar-refractivity contribution in [2.75, 3.05) is 32.0 Å². The summed E-state index contributed by atoms with van der Waals surface area (Å²) in [6, 6.07) is 5.23. The van der Waals surface area contributed by atoms with E-state index in [0.29, 0.717) is 36.6 Å². The number of anilines is 1. The van der Waals surface area contributed by atoms with Gasteiger partial charge in [0, 0.05) is 31.6 Å². The lowest BCUT2D eigenvalue weighted by atomic mass is 10.1. The fraction of sp³-hybridized carbons (Fsp3) is 0.389. The highest BCUT2D eigenvalue weighted by Gasteiger charge is 2.11. The van der Waals surface area contributed by atoms with Crippen molar-refractivity contribution in [1.29, 1.82) is 0 Å². The maximum absolute atomic E-state index is 12.3. The SMILES string of the molecule is C=CCN(CC=C)CCC(=O)c1ccc(OCCC)c(N)c1. The second kappa shape index (κ2) is 9.79. The Balaban J connectivity index is 2.63. The predicted molar refractivity (Wildman–Crippen MR) is 92.4 cm³/mol. The number of hydrogen-bond donors (Lipinski definition) is 1. The Morgan fingerprint density at radius 3 is 2.55 bits per heavy atom. The first-order chi connectivity index (χ1) is 10.6. The first kappa shape index (κ1) is 18.0. The van der Waals surface area contributed by atoms with Crippen LogP contribution in [0.25, 0.3) is 0 Å². The molecule has 0 fully saturated rings. The molecule has 0 saturated carbocycles. The first-order valence-corrected chi connectivity index (χ1v) is 7.62. The average Bonchev–Trinajstić information content (AvgIpc) is 2.51. The lowest BCUT2D eigenvalue weighted by Crippen LogP contribution is -2.26. The number of nitrogens with two attached hydrogens (primary N) is 1. The fourth-order valence-corrected chi connectivity index (χ4v) is 2.09. The summed E-state index contributed by atoms with van der Waals surface area (Å²) in [5.74, 6) is 0.713. The van der Waals surface area contributed by atoms with E-state index in [2.05, 4.69) is 18.1 Å². The Labute approximate surface area is 133 Å². The van der Waals surface area contributed by atoms with Crippen LogP contribution in [0.5, 0.6) is 5.75 Å². The average molecular weight is 302 g/mol. The summed E-state index contributed by atoms with van der Waals surface area (Å²) in [6.45, 7) is 12.3. The topological polar surface area (TPSA) is 55.6 Å². The molecule has 4 heteroatoms. The standard InChI is InChI=1S/C18H26N2O2/c1-4-10-20(11-5-2)12-9-17(21)15-7-8-18(16(19)14-15)22-13-6-3/h4-5,7-8,14H,1-2,6,9-13,19H2,3H3. The van der Waals surface area contributed by atoms with Crippen LogP contribution in [0.2, 0.25) is 0 Å². The van der Waals surface area contributed by atoms with Gasteiger partial charge in [-0.15, -0.1) is 13.2 Å². The molecule has 120 valence electrons. The van der Waals surface area contributed by atoms with E-state index in [1.54, 1.807) is 18.2 Å². The van der Waals surface area contributed by atoms with E-state index >= 15 is 0 Å². The number of Topliss-reactive ketones (excluding diaryl/α,β-unsaturated/α-hetero) is 1. The van der Waals surface area contributed by atoms with Crippen LogP contribution < -0.4 is 10.5 Å². The first-order valence-electron chi connectivity index (χ1n) is 7.62. The third-order valence-corrected chi connectivity index (χ3v) is 3.22. The van der Waals surface area contributed by atoms with Crippen LogP contribution in [-0.2, 0) is 0 Å². The number of nitrogens with zero attached hydrogens (tertiary/aromatic N) is 1. The van der Waals surface area contributed by atoms with Gasteiger partial charge in [0.25, 0.3) is 0 Å². The second-order valence-electron chi connectivity index (χ2n) is 5.11. The molecule has 0 aliphatic heterocycles. The van der Waals surface area contributed by atoms with Crippen molar-refractivity contribution >= 4 is 11.5 Å². The minimum absolute atomic E-state index is 0.0758. The molecule has 0 heterocycles. The zero-order valence-corrected chi connectivity index (χ0v) is 13.4. The fourth-order valence-electron chi connectivity index (χ4n) is 2.09. The second-order valence-corrected chi connectivity index (χ2v) is 5.11. The zero-order valence-electron chi connectivity index (χ0n) is 13.4. The third-order valence-electron chi connectivity index (χ3n) is 3.22. The van der Waals surface area contributed by atoms with Gasteiger partial charge in [0.2, 0.25) is 0 Å². The van der Waals surface area contributed by atoms with E-state index < -0.39 is 0 Å². The van der Waals surface area contributed by atoms with E-state index in [0.717, 1.165) is 19.5 Å². The number of ether oxygens (including phenoxy) is 1. The minimum Gasteiger partial charge on any atom is -0.491 e. The number of hydrogen-bond acceptors (Lipinski definition) is 4. The Morgan fingerprint density at radius 2 is 2.00 bits per heavy atom. The Morgan fingerprint density at radius 1 is 1.32 bits per heavy atom. The van der Waals surface area contributed by atoms with E-state index in [-0.39, 0.29) is 5.78 Å². The molecule has 0 aliphatic rings. The van der Waals surface area contributed by atoms with E-state index in [1.165, 1.54) is 0 Å². The summed E-state index contributed by atoms with van der Waals surface area (Å²) in [4.78, 5) is 14.4. The number of benzene rings is 1. The largest absolute Gasteiger partial charge is 0.491 e. The summed E-state index contributed by atoms with van der Waals surface area (Å²) in [5.41, 5.74) is 7.07. The van der Waals surface area contributed by atoms with Gasteiger partial charge in [0.1, 0.15) is 5.75 Å². The van der Waals surface area contributed by atoms with Crippen molar-refractivity contribution in [1.82, 2.24) is 4.90 Å². The van der Waals surface area contributed by atoms with Gasteiger partial charge in [-0.2, -0.15) is 0 Å². The number of rotatable bonds is 11. The molecule has 0 bridgehead atoms. The van der Waals surface area contributed by atoms with Crippen LogP contribution in [0, 0.1) is 0 Å². The summed E-state index contributed by atoms with van der Waals surface area (Å²) in [7, 11) is 0. The Kier molecular flexibility index (Phi) is 8.00. The molecule has 2 N–H and O–H groups in total. The molecule has 1 rings (SSSR count). The lowest BCUT2D eigenvalue weighted by Gasteiger charge is -2.18. The molecule has 22 heavy (non-hydrogen) atoms. The normalized spacial score (nSPS) is 10.5. The molecule has 0 saturated heterocycles. The Hall–Kier alpha value is -2.07. The van der Waals surface area contributed by atoms with Gasteiger partial charge in [-0.3, -0.25) is 9.69 Å². The quantitative estimate of drug-likeness (QED) is 0.387. The van der Waals surface area contributed by atoms with Crippen LogP contribution in [0.15, 0.2) is 43.5 Å². The van der Waals surface area contributed by atoms with Gasteiger partial charge < -0.3 is 10.5 Å². The van der Waals surface area contributed by atoms with Gasteiger partial charge >= 0.3 is 0 Å². The third kappa shape index (κ3) is 5.74. The van der Waals surface area contributed by atoms with Crippen molar-refractivity contribution in [3.8, 4) is 5.75 Å². The molecule has 0 atom stereocenters. The summed E-state index contributed by atoms with van der Waals surface area (Å²) in [5, 5.41) is 0. The molecule has 0 radical (unpaired) electrons. The van der Waals surface area contributed by atoms with Gasteiger partial charge in [0.05, 0.1) is 12.3 Å². The van der Waals surface area contributed by atoms with Gasteiger partial charge in [-0.1, -0.05) is 19.1 Å². The van der Waals surface area contributed by atoms with E-state index in [4.69, 9.17) is 10.5 Å². The minimum atomic E-state index is 0.0758. The summed E-state index contributed by atoms with van der Waals surface area (Å²) in [6.07, 6.45) is 5.01. The smallest absolute Gasteiger partial charge is 0.164 e. The molecule has 1 aromatic rings. The van der Waals surface area contributed by atoms with Gasteiger partial charge in [-0.25, -0.2) is 0 Å². The highest BCUT2D eigenvalue weighted by atomic mass is 16.5. The maximum Gasteiger partial charge on any atom is 0.164 e. The molecular weight excluding hydrogens is 276 g/mol. The Bertz CT molecular complexity index is 502. The van der Waals surface area contributed by atoms with Crippen LogP contribution in [0.1, 0.15) is 30.1 Å². The van der Waals surface area contributed by atoms with Crippen molar-refractivity contribution < 1.29 is 9.53 Å².